The van der Waals surface area contributed by atoms with Gasteiger partial charge in [-0.15, -0.1) is 0 Å². The van der Waals surface area contributed by atoms with E-state index in [0.29, 0.717) is 12.2 Å². The molecule has 14 heavy (non-hydrogen) atoms. The van der Waals surface area contributed by atoms with Gasteiger partial charge in [0.2, 0.25) is 0 Å². The lowest BCUT2D eigenvalue weighted by atomic mass is 10.0. The van der Waals surface area contributed by atoms with Crippen molar-refractivity contribution in [3.8, 4) is 0 Å². The summed E-state index contributed by atoms with van der Waals surface area (Å²) in [6.07, 6.45) is 1.47. The Kier molecular flexibility index (Phi) is 3.93. The predicted octanol–water partition coefficient (Wildman–Crippen LogP) is 1.26. The topological polar surface area (TPSA) is 32.7 Å². The Bertz CT molecular complexity index is 167. The SMILES string of the molecule is C[C@@H]1CN(CCC(C)(C)O)C[C@H](C)O1. The second-order valence-electron chi connectivity index (χ2n) is 5.08. The molecule has 0 aromatic heterocycles. The highest BCUT2D eigenvalue weighted by atomic mass is 16.5. The molecule has 1 heterocycles. The smallest absolute Gasteiger partial charge is 0.0678 e. The van der Waals surface area contributed by atoms with Gasteiger partial charge in [-0.1, -0.05) is 0 Å². The molecule has 1 N–H and O–H groups in total. The lowest BCUT2D eigenvalue weighted by molar-refractivity contribution is -0.0729. The van der Waals surface area contributed by atoms with Crippen LogP contribution in [0.2, 0.25) is 0 Å². The monoisotopic (exact) mass is 201 g/mol. The minimum Gasteiger partial charge on any atom is -0.390 e. The number of hydrogen-bond donors (Lipinski definition) is 1. The predicted molar refractivity (Wildman–Crippen MR) is 57.4 cm³/mol. The summed E-state index contributed by atoms with van der Waals surface area (Å²) in [4.78, 5) is 2.37. The first-order valence-electron chi connectivity index (χ1n) is 5.47. The van der Waals surface area contributed by atoms with Gasteiger partial charge in [0.05, 0.1) is 17.8 Å². The van der Waals surface area contributed by atoms with Gasteiger partial charge in [0.25, 0.3) is 0 Å². The number of rotatable bonds is 3. The van der Waals surface area contributed by atoms with Gasteiger partial charge >= 0.3 is 0 Å². The number of ether oxygens (including phenoxy) is 1. The molecule has 1 aliphatic heterocycles. The van der Waals surface area contributed by atoms with Crippen LogP contribution in [0.4, 0.5) is 0 Å². The molecule has 0 amide bonds. The summed E-state index contributed by atoms with van der Waals surface area (Å²) in [6.45, 7) is 10.9. The average molecular weight is 201 g/mol. The summed E-state index contributed by atoms with van der Waals surface area (Å²) < 4.78 is 5.64. The molecule has 1 aliphatic rings. The van der Waals surface area contributed by atoms with E-state index in [2.05, 4.69) is 18.7 Å². The molecule has 0 aliphatic carbocycles. The van der Waals surface area contributed by atoms with E-state index in [1.165, 1.54) is 0 Å². The molecular formula is C11H23NO2. The minimum atomic E-state index is -0.551. The van der Waals surface area contributed by atoms with Crippen molar-refractivity contribution in [1.82, 2.24) is 4.90 Å². The molecule has 3 heteroatoms. The lowest BCUT2D eigenvalue weighted by Gasteiger charge is -2.36. The maximum Gasteiger partial charge on any atom is 0.0678 e. The average Bonchev–Trinajstić information content (AvgIpc) is 1.97. The molecule has 0 radical (unpaired) electrons. The van der Waals surface area contributed by atoms with Gasteiger partial charge in [-0.05, 0) is 34.1 Å². The van der Waals surface area contributed by atoms with E-state index in [-0.39, 0.29) is 0 Å². The van der Waals surface area contributed by atoms with E-state index in [4.69, 9.17) is 4.74 Å². The van der Waals surface area contributed by atoms with Crippen LogP contribution in [-0.4, -0.2) is 47.4 Å². The van der Waals surface area contributed by atoms with Crippen LogP contribution in [0, 0.1) is 0 Å². The molecule has 0 aromatic carbocycles. The van der Waals surface area contributed by atoms with Crippen LogP contribution in [0.25, 0.3) is 0 Å². The van der Waals surface area contributed by atoms with Crippen molar-refractivity contribution in [2.24, 2.45) is 0 Å². The highest BCUT2D eigenvalue weighted by Crippen LogP contribution is 2.14. The Morgan fingerprint density at radius 3 is 2.21 bits per heavy atom. The second kappa shape index (κ2) is 4.60. The normalized spacial score (nSPS) is 30.6. The molecule has 1 saturated heterocycles. The van der Waals surface area contributed by atoms with Crippen molar-refractivity contribution in [3.05, 3.63) is 0 Å². The highest BCUT2D eigenvalue weighted by Gasteiger charge is 2.23. The molecule has 3 nitrogen and oxygen atoms in total. The van der Waals surface area contributed by atoms with Crippen molar-refractivity contribution in [1.29, 1.82) is 0 Å². The van der Waals surface area contributed by atoms with Gasteiger partial charge in [-0.25, -0.2) is 0 Å². The molecule has 0 spiro atoms. The molecule has 0 saturated carbocycles. The zero-order valence-electron chi connectivity index (χ0n) is 9.79. The largest absolute Gasteiger partial charge is 0.390 e. The fourth-order valence-corrected chi connectivity index (χ4v) is 1.90. The van der Waals surface area contributed by atoms with Crippen LogP contribution >= 0.6 is 0 Å². The fraction of sp³-hybridized carbons (Fsp3) is 1.00. The number of hydrogen-bond acceptors (Lipinski definition) is 3. The van der Waals surface area contributed by atoms with Crippen LogP contribution in [0.3, 0.4) is 0 Å². The van der Waals surface area contributed by atoms with E-state index in [9.17, 15) is 5.11 Å². The van der Waals surface area contributed by atoms with E-state index in [1.807, 2.05) is 13.8 Å². The van der Waals surface area contributed by atoms with Crippen LogP contribution in [0.5, 0.6) is 0 Å². The first kappa shape index (κ1) is 12.0. The standard InChI is InChI=1S/C11H23NO2/c1-9-7-12(8-10(2)14-9)6-5-11(3,4)13/h9-10,13H,5-8H2,1-4H3/t9-,10+. The third-order valence-corrected chi connectivity index (χ3v) is 2.54. The maximum atomic E-state index is 9.62. The van der Waals surface area contributed by atoms with Gasteiger partial charge in [0.1, 0.15) is 0 Å². The van der Waals surface area contributed by atoms with Crippen molar-refractivity contribution < 1.29 is 9.84 Å². The molecular weight excluding hydrogens is 178 g/mol. The van der Waals surface area contributed by atoms with Crippen molar-refractivity contribution in [3.63, 3.8) is 0 Å². The second-order valence-corrected chi connectivity index (χ2v) is 5.08. The Hall–Kier alpha value is -0.120. The zero-order chi connectivity index (χ0) is 10.8. The number of nitrogens with zero attached hydrogens (tertiary/aromatic N) is 1. The number of aliphatic hydroxyl groups is 1. The first-order valence-corrected chi connectivity index (χ1v) is 5.47. The summed E-state index contributed by atoms with van der Waals surface area (Å²) in [5.41, 5.74) is -0.551. The van der Waals surface area contributed by atoms with Crippen molar-refractivity contribution >= 4 is 0 Å². The molecule has 2 atom stereocenters. The van der Waals surface area contributed by atoms with Gasteiger partial charge in [-0.2, -0.15) is 0 Å². The summed E-state index contributed by atoms with van der Waals surface area (Å²) >= 11 is 0. The third kappa shape index (κ3) is 4.40. The Labute approximate surface area is 87.1 Å². The minimum absolute atomic E-state index is 0.320. The van der Waals surface area contributed by atoms with E-state index >= 15 is 0 Å². The van der Waals surface area contributed by atoms with E-state index < -0.39 is 5.60 Å². The van der Waals surface area contributed by atoms with Gasteiger partial charge in [0, 0.05) is 19.6 Å². The Balaban J connectivity index is 2.30. The third-order valence-electron chi connectivity index (χ3n) is 2.54. The van der Waals surface area contributed by atoms with Crippen LogP contribution in [0.15, 0.2) is 0 Å². The Morgan fingerprint density at radius 1 is 1.29 bits per heavy atom. The quantitative estimate of drug-likeness (QED) is 0.746. The number of morpholine rings is 1. The fourth-order valence-electron chi connectivity index (χ4n) is 1.90. The molecule has 1 fully saturated rings. The molecule has 0 unspecified atom stereocenters. The molecule has 84 valence electrons. The zero-order valence-corrected chi connectivity index (χ0v) is 9.79. The van der Waals surface area contributed by atoms with Crippen molar-refractivity contribution in [2.45, 2.75) is 51.9 Å². The first-order chi connectivity index (χ1) is 6.37. The highest BCUT2D eigenvalue weighted by molar-refractivity contribution is 4.75. The Morgan fingerprint density at radius 2 is 1.79 bits per heavy atom. The molecule has 0 bridgehead atoms. The maximum absolute atomic E-state index is 9.62. The summed E-state index contributed by atoms with van der Waals surface area (Å²) in [6, 6.07) is 0. The van der Waals surface area contributed by atoms with Crippen LogP contribution < -0.4 is 0 Å². The van der Waals surface area contributed by atoms with E-state index in [0.717, 1.165) is 26.1 Å². The molecule has 1 rings (SSSR count). The summed E-state index contributed by atoms with van der Waals surface area (Å²) in [5.74, 6) is 0. The molecule has 0 aromatic rings. The summed E-state index contributed by atoms with van der Waals surface area (Å²) in [7, 11) is 0. The van der Waals surface area contributed by atoms with E-state index in [1.54, 1.807) is 0 Å². The van der Waals surface area contributed by atoms with Gasteiger partial charge in [0.15, 0.2) is 0 Å². The van der Waals surface area contributed by atoms with Crippen LogP contribution in [0.1, 0.15) is 34.1 Å². The summed E-state index contributed by atoms with van der Waals surface area (Å²) in [5, 5.41) is 9.62. The van der Waals surface area contributed by atoms with Gasteiger partial charge < -0.3 is 9.84 Å². The lowest BCUT2D eigenvalue weighted by Crippen LogP contribution is -2.46. The van der Waals surface area contributed by atoms with Crippen LogP contribution in [-0.2, 0) is 4.74 Å². The van der Waals surface area contributed by atoms with Gasteiger partial charge in [-0.3, -0.25) is 4.90 Å². The van der Waals surface area contributed by atoms with Crippen molar-refractivity contribution in [2.75, 3.05) is 19.6 Å².